The Morgan fingerprint density at radius 1 is 1.00 bits per heavy atom. The highest BCUT2D eigenvalue weighted by molar-refractivity contribution is 4.87. The fourth-order valence-electron chi connectivity index (χ4n) is 2.83. The standard InChI is InChI=1S/C16H32/c1-5-7-8-14(4)9-10-15-12-16(15)11-13(3)6-2/h13-16H,5-12H2,1-4H3. The number of unbranched alkanes of at least 4 members (excludes halogenated alkanes) is 1. The Hall–Kier alpha value is 0. The summed E-state index contributed by atoms with van der Waals surface area (Å²) in [6, 6.07) is 0. The Labute approximate surface area is 103 Å². The lowest BCUT2D eigenvalue weighted by atomic mass is 9.95. The molecular formula is C16H32. The first-order chi connectivity index (χ1) is 7.67. The van der Waals surface area contributed by atoms with Crippen molar-refractivity contribution in [2.75, 3.05) is 0 Å². The SMILES string of the molecule is CCCCC(C)CCC1CC1CC(C)CC. The van der Waals surface area contributed by atoms with Gasteiger partial charge in [0.2, 0.25) is 0 Å². The van der Waals surface area contributed by atoms with Gasteiger partial charge in [0.25, 0.3) is 0 Å². The van der Waals surface area contributed by atoms with Gasteiger partial charge in [0.05, 0.1) is 0 Å². The Morgan fingerprint density at radius 2 is 1.75 bits per heavy atom. The maximum Gasteiger partial charge on any atom is -0.0380 e. The molecule has 1 rings (SSSR count). The van der Waals surface area contributed by atoms with Crippen molar-refractivity contribution in [3.63, 3.8) is 0 Å². The van der Waals surface area contributed by atoms with Crippen molar-refractivity contribution in [1.82, 2.24) is 0 Å². The molecule has 96 valence electrons. The molecule has 1 fully saturated rings. The Kier molecular flexibility index (Phi) is 6.46. The van der Waals surface area contributed by atoms with Crippen LogP contribution >= 0.6 is 0 Å². The van der Waals surface area contributed by atoms with Crippen LogP contribution in [0.4, 0.5) is 0 Å². The van der Waals surface area contributed by atoms with Crippen LogP contribution < -0.4 is 0 Å². The van der Waals surface area contributed by atoms with E-state index in [4.69, 9.17) is 0 Å². The molecule has 0 radical (unpaired) electrons. The molecule has 0 saturated heterocycles. The van der Waals surface area contributed by atoms with Crippen molar-refractivity contribution in [3.8, 4) is 0 Å². The molecule has 1 aliphatic carbocycles. The first kappa shape index (κ1) is 14.1. The van der Waals surface area contributed by atoms with Gasteiger partial charge in [-0.3, -0.25) is 0 Å². The second-order valence-electron chi connectivity index (χ2n) is 6.33. The molecule has 0 aliphatic heterocycles. The van der Waals surface area contributed by atoms with Crippen molar-refractivity contribution in [3.05, 3.63) is 0 Å². The van der Waals surface area contributed by atoms with Crippen LogP contribution in [0.2, 0.25) is 0 Å². The molecule has 0 amide bonds. The van der Waals surface area contributed by atoms with E-state index < -0.39 is 0 Å². The number of hydrogen-bond acceptors (Lipinski definition) is 0. The van der Waals surface area contributed by atoms with Crippen molar-refractivity contribution < 1.29 is 0 Å². The van der Waals surface area contributed by atoms with Crippen LogP contribution in [-0.4, -0.2) is 0 Å². The van der Waals surface area contributed by atoms with E-state index in [9.17, 15) is 0 Å². The average molecular weight is 224 g/mol. The first-order valence-corrected chi connectivity index (χ1v) is 7.67. The Bertz CT molecular complexity index is 173. The predicted octanol–water partition coefficient (Wildman–Crippen LogP) is 5.67. The van der Waals surface area contributed by atoms with E-state index in [0.717, 1.165) is 23.7 Å². The van der Waals surface area contributed by atoms with Gasteiger partial charge in [0.15, 0.2) is 0 Å². The van der Waals surface area contributed by atoms with Gasteiger partial charge in [-0.05, 0) is 42.9 Å². The largest absolute Gasteiger partial charge is 0.0654 e. The van der Waals surface area contributed by atoms with Crippen LogP contribution in [-0.2, 0) is 0 Å². The van der Waals surface area contributed by atoms with Crippen LogP contribution in [0, 0.1) is 23.7 Å². The van der Waals surface area contributed by atoms with Crippen LogP contribution in [0.1, 0.15) is 79.1 Å². The molecule has 0 spiro atoms. The van der Waals surface area contributed by atoms with E-state index in [1.54, 1.807) is 6.42 Å². The quantitative estimate of drug-likeness (QED) is 0.473. The minimum absolute atomic E-state index is 0.965. The van der Waals surface area contributed by atoms with E-state index in [1.165, 1.54) is 44.9 Å². The van der Waals surface area contributed by atoms with E-state index in [-0.39, 0.29) is 0 Å². The van der Waals surface area contributed by atoms with Gasteiger partial charge < -0.3 is 0 Å². The molecule has 0 aromatic heterocycles. The van der Waals surface area contributed by atoms with E-state index in [0.29, 0.717) is 0 Å². The Morgan fingerprint density at radius 3 is 2.38 bits per heavy atom. The highest BCUT2D eigenvalue weighted by atomic mass is 14.4. The molecule has 0 heteroatoms. The highest BCUT2D eigenvalue weighted by Gasteiger charge is 2.36. The number of rotatable bonds is 9. The van der Waals surface area contributed by atoms with Crippen LogP contribution in [0.15, 0.2) is 0 Å². The van der Waals surface area contributed by atoms with Crippen molar-refractivity contribution in [2.45, 2.75) is 79.1 Å². The molecule has 0 aromatic carbocycles. The first-order valence-electron chi connectivity index (χ1n) is 7.67. The van der Waals surface area contributed by atoms with Crippen LogP contribution in [0.3, 0.4) is 0 Å². The lowest BCUT2D eigenvalue weighted by Gasteiger charge is -2.11. The maximum atomic E-state index is 2.45. The minimum Gasteiger partial charge on any atom is -0.0654 e. The third kappa shape index (κ3) is 5.37. The monoisotopic (exact) mass is 224 g/mol. The van der Waals surface area contributed by atoms with Gasteiger partial charge in [-0.2, -0.15) is 0 Å². The van der Waals surface area contributed by atoms with Gasteiger partial charge in [0, 0.05) is 0 Å². The molecule has 4 unspecified atom stereocenters. The Balaban J connectivity index is 1.99. The van der Waals surface area contributed by atoms with Gasteiger partial charge in [-0.15, -0.1) is 0 Å². The molecule has 1 saturated carbocycles. The van der Waals surface area contributed by atoms with Gasteiger partial charge >= 0.3 is 0 Å². The third-order valence-electron chi connectivity index (χ3n) is 4.55. The average Bonchev–Trinajstić information content (AvgIpc) is 3.01. The van der Waals surface area contributed by atoms with Gasteiger partial charge in [-0.1, -0.05) is 59.8 Å². The summed E-state index contributed by atoms with van der Waals surface area (Å²) in [5.74, 6) is 4.16. The smallest absolute Gasteiger partial charge is 0.0380 e. The summed E-state index contributed by atoms with van der Waals surface area (Å²) in [6.45, 7) is 9.49. The van der Waals surface area contributed by atoms with Crippen molar-refractivity contribution in [2.24, 2.45) is 23.7 Å². The molecular weight excluding hydrogens is 192 g/mol. The van der Waals surface area contributed by atoms with Crippen LogP contribution in [0.25, 0.3) is 0 Å². The summed E-state index contributed by atoms with van der Waals surface area (Å²) >= 11 is 0. The second kappa shape index (κ2) is 7.35. The predicted molar refractivity (Wildman–Crippen MR) is 73.6 cm³/mol. The normalized spacial score (nSPS) is 27.8. The summed E-state index contributed by atoms with van der Waals surface area (Å²) in [6.07, 6.45) is 11.7. The minimum atomic E-state index is 0.965. The lowest BCUT2D eigenvalue weighted by Crippen LogP contribution is -1.98. The van der Waals surface area contributed by atoms with Crippen molar-refractivity contribution in [1.29, 1.82) is 0 Å². The summed E-state index contributed by atoms with van der Waals surface area (Å²) in [4.78, 5) is 0. The maximum absolute atomic E-state index is 2.45. The zero-order valence-electron chi connectivity index (χ0n) is 12.0. The van der Waals surface area contributed by atoms with E-state index in [2.05, 4.69) is 27.7 Å². The molecule has 0 heterocycles. The van der Waals surface area contributed by atoms with Gasteiger partial charge in [-0.25, -0.2) is 0 Å². The van der Waals surface area contributed by atoms with Crippen molar-refractivity contribution >= 4 is 0 Å². The summed E-state index contributed by atoms with van der Waals surface area (Å²) in [5, 5.41) is 0. The topological polar surface area (TPSA) is 0 Å². The molecule has 0 aromatic rings. The highest BCUT2D eigenvalue weighted by Crippen LogP contribution is 2.47. The molecule has 0 bridgehead atoms. The van der Waals surface area contributed by atoms with Gasteiger partial charge in [0.1, 0.15) is 0 Å². The van der Waals surface area contributed by atoms with Crippen LogP contribution in [0.5, 0.6) is 0 Å². The summed E-state index contributed by atoms with van der Waals surface area (Å²) in [5.41, 5.74) is 0. The third-order valence-corrected chi connectivity index (χ3v) is 4.55. The molecule has 0 nitrogen and oxygen atoms in total. The lowest BCUT2D eigenvalue weighted by molar-refractivity contribution is 0.415. The zero-order chi connectivity index (χ0) is 12.0. The second-order valence-corrected chi connectivity index (χ2v) is 6.33. The summed E-state index contributed by atoms with van der Waals surface area (Å²) < 4.78 is 0. The zero-order valence-corrected chi connectivity index (χ0v) is 12.0. The molecule has 1 aliphatic rings. The summed E-state index contributed by atoms with van der Waals surface area (Å²) in [7, 11) is 0. The fraction of sp³-hybridized carbons (Fsp3) is 1.00. The molecule has 0 N–H and O–H groups in total. The fourth-order valence-corrected chi connectivity index (χ4v) is 2.83. The van der Waals surface area contributed by atoms with E-state index >= 15 is 0 Å². The number of hydrogen-bond donors (Lipinski definition) is 0. The van der Waals surface area contributed by atoms with E-state index in [1.807, 2.05) is 0 Å². The molecule has 16 heavy (non-hydrogen) atoms. The molecule has 4 atom stereocenters.